The molecular formula is C21H22IrN2O3-2. The van der Waals surface area contributed by atoms with Crippen LogP contribution in [0.3, 0.4) is 0 Å². The number of para-hydroxylation sites is 3. The Morgan fingerprint density at radius 3 is 2.26 bits per heavy atom. The first-order chi connectivity index (χ1) is 12.5. The first-order valence-corrected chi connectivity index (χ1v) is 8.01. The molecule has 145 valence electrons. The van der Waals surface area contributed by atoms with Crippen molar-refractivity contribution in [2.75, 3.05) is 0 Å². The molecule has 0 fully saturated rings. The third-order valence-electron chi connectivity index (χ3n) is 3.70. The second-order valence-corrected chi connectivity index (χ2v) is 5.63. The van der Waals surface area contributed by atoms with Gasteiger partial charge in [-0.15, -0.1) is 0 Å². The quantitative estimate of drug-likeness (QED) is 0.273. The predicted octanol–water partition coefficient (Wildman–Crippen LogP) is 4.70. The Morgan fingerprint density at radius 2 is 1.70 bits per heavy atom. The number of imidazole rings is 1. The Labute approximate surface area is 173 Å². The van der Waals surface area contributed by atoms with E-state index in [1.54, 1.807) is 6.92 Å². The Hall–Kier alpha value is -2.43. The molecule has 0 aliphatic rings. The maximum absolute atomic E-state index is 10.2. The summed E-state index contributed by atoms with van der Waals surface area (Å²) in [4.78, 5) is 14.9. The van der Waals surface area contributed by atoms with Crippen LogP contribution in [0.1, 0.15) is 13.8 Å². The van der Waals surface area contributed by atoms with Gasteiger partial charge in [0, 0.05) is 33.2 Å². The molecule has 0 spiro atoms. The molecule has 0 aliphatic heterocycles. The number of nitrogens with zero attached hydrogens (tertiary/aromatic N) is 2. The van der Waals surface area contributed by atoms with Crippen molar-refractivity contribution in [2.45, 2.75) is 13.8 Å². The molecule has 0 saturated heterocycles. The molecule has 3 rings (SSSR count). The molecule has 0 atom stereocenters. The maximum atomic E-state index is 10.2. The average Bonchev–Trinajstić information content (AvgIpc) is 2.98. The zero-order valence-electron chi connectivity index (χ0n) is 15.6. The molecule has 27 heavy (non-hydrogen) atoms. The summed E-state index contributed by atoms with van der Waals surface area (Å²) >= 11 is 0. The Balaban J connectivity index is 0.000000350. The number of fused-ring (bicyclic) bond motifs is 1. The van der Waals surface area contributed by atoms with E-state index in [1.165, 1.54) is 13.0 Å². The van der Waals surface area contributed by atoms with Crippen LogP contribution in [-0.4, -0.2) is 15.3 Å². The van der Waals surface area contributed by atoms with Gasteiger partial charge in [0.25, 0.3) is 0 Å². The molecule has 2 aromatic carbocycles. The van der Waals surface area contributed by atoms with Gasteiger partial charge in [-0.05, 0) is 38.1 Å². The van der Waals surface area contributed by atoms with Gasteiger partial charge in [0.15, 0.2) is 5.78 Å². The van der Waals surface area contributed by atoms with Crippen LogP contribution in [0.2, 0.25) is 0 Å². The average molecular weight is 543 g/mol. The summed E-state index contributed by atoms with van der Waals surface area (Å²) in [6, 6.07) is 15.8. The molecule has 0 saturated carbocycles. The molecular weight excluding hydrogens is 520 g/mol. The second-order valence-electron chi connectivity index (χ2n) is 5.63. The second kappa shape index (κ2) is 10.7. The van der Waals surface area contributed by atoms with Gasteiger partial charge >= 0.3 is 0 Å². The van der Waals surface area contributed by atoms with Gasteiger partial charge in [0.2, 0.25) is 0 Å². The molecule has 0 amide bonds. The summed E-state index contributed by atoms with van der Waals surface area (Å²) in [7, 11) is 8.61. The van der Waals surface area contributed by atoms with Gasteiger partial charge in [-0.2, -0.15) is 14.2 Å². The van der Waals surface area contributed by atoms with Crippen molar-refractivity contribution in [3.8, 4) is 17.1 Å². The fraction of sp³-hybridized carbons (Fsp3) is 0.143. The number of benzene rings is 2. The Kier molecular flexibility index (Phi) is 8.92. The number of aromatic nitrogens is 2. The summed E-state index contributed by atoms with van der Waals surface area (Å²) in [6.07, 6.45) is 1.38. The van der Waals surface area contributed by atoms with Crippen molar-refractivity contribution >= 4 is 16.8 Å². The molecule has 1 radical (unpaired) electrons. The summed E-state index contributed by atoms with van der Waals surface area (Å²) in [6.45, 7) is 3.14. The Bertz CT molecular complexity index is 932. The normalized spacial score (nSPS) is 10.5. The summed E-state index contributed by atoms with van der Waals surface area (Å²) in [5, 5.41) is 0. The molecule has 3 aromatic rings. The van der Waals surface area contributed by atoms with Crippen LogP contribution in [-0.2, 0) is 36.7 Å². The van der Waals surface area contributed by atoms with Crippen molar-refractivity contribution in [3.05, 3.63) is 74.6 Å². The van der Waals surface area contributed by atoms with Gasteiger partial charge in [0.05, 0.1) is 28.1 Å². The maximum Gasteiger partial charge on any atom is 0.155 e. The minimum absolute atomic E-state index is 0. The van der Waals surface area contributed by atoms with E-state index in [-0.39, 0.29) is 25.9 Å². The summed E-state index contributed by atoms with van der Waals surface area (Å²) in [5.74, 6) is 2.13. The van der Waals surface area contributed by atoms with E-state index in [0.717, 1.165) is 28.2 Å². The third-order valence-corrected chi connectivity index (χ3v) is 3.70. The van der Waals surface area contributed by atoms with Crippen LogP contribution in [0.4, 0.5) is 0 Å². The van der Waals surface area contributed by atoms with E-state index in [9.17, 15) is 4.79 Å². The standard InChI is InChI=1S/C15H13N2O.C6H9O2.Ir/c1-17-13-9-5-4-8-12(13)16-15(17)11-7-3-6-10-14(11)18-2;1-5(7)4-6(2)8-3;/h3-10H,2H2,1H3;4H,3H2,1-2H3;/q2*-1;/b;6-4-;. The number of hydrogen-bond acceptors (Lipinski definition) is 4. The molecule has 0 bridgehead atoms. The van der Waals surface area contributed by atoms with E-state index in [2.05, 4.69) is 34.6 Å². The van der Waals surface area contributed by atoms with Crippen LogP contribution in [0.25, 0.3) is 22.4 Å². The topological polar surface area (TPSA) is 53.4 Å². The van der Waals surface area contributed by atoms with Crippen LogP contribution in [0, 0.1) is 14.2 Å². The van der Waals surface area contributed by atoms with Crippen LogP contribution in [0.5, 0.6) is 5.75 Å². The number of aryl methyl sites for hydroxylation is 1. The number of carbonyl (C=O) groups excluding carboxylic acids is 1. The van der Waals surface area contributed by atoms with Gasteiger partial charge in [-0.3, -0.25) is 4.79 Å². The molecule has 1 heterocycles. The van der Waals surface area contributed by atoms with Crippen LogP contribution < -0.4 is 4.74 Å². The molecule has 0 aliphatic carbocycles. The number of carbonyl (C=O) groups is 1. The molecule has 5 nitrogen and oxygen atoms in total. The number of ether oxygens (including phenoxy) is 2. The molecule has 0 unspecified atom stereocenters. The van der Waals surface area contributed by atoms with Gasteiger partial charge in [-0.1, -0.05) is 24.3 Å². The zero-order chi connectivity index (χ0) is 19.1. The van der Waals surface area contributed by atoms with E-state index >= 15 is 0 Å². The van der Waals surface area contributed by atoms with Gasteiger partial charge in [-0.25, -0.2) is 4.98 Å². The molecule has 6 heteroatoms. The minimum Gasteiger partial charge on any atom is -0.668 e. The summed E-state index contributed by atoms with van der Waals surface area (Å²) in [5.41, 5.74) is 3.03. The van der Waals surface area contributed by atoms with Crippen LogP contribution in [0.15, 0.2) is 60.4 Å². The number of hydrogen-bond donors (Lipinski definition) is 0. The van der Waals surface area contributed by atoms with Crippen molar-refractivity contribution in [1.82, 2.24) is 9.55 Å². The van der Waals surface area contributed by atoms with Crippen molar-refractivity contribution in [1.29, 1.82) is 0 Å². The van der Waals surface area contributed by atoms with Crippen molar-refractivity contribution in [3.63, 3.8) is 0 Å². The number of ketones is 1. The van der Waals surface area contributed by atoms with E-state index in [1.807, 2.05) is 49.5 Å². The first kappa shape index (κ1) is 22.6. The summed E-state index contributed by atoms with van der Waals surface area (Å²) < 4.78 is 11.7. The van der Waals surface area contributed by atoms with E-state index in [0.29, 0.717) is 5.76 Å². The number of rotatable bonds is 4. The SMILES string of the molecule is [CH2-]O/C(C)=C\C(C)=O.[CH2-]Oc1ccccc1-c1nc2ccccc2n1C.[Ir]. The molecule has 1 aromatic heterocycles. The fourth-order valence-corrected chi connectivity index (χ4v) is 2.49. The van der Waals surface area contributed by atoms with Gasteiger partial charge in [0.1, 0.15) is 5.82 Å². The van der Waals surface area contributed by atoms with Crippen molar-refractivity contribution < 1.29 is 34.4 Å². The van der Waals surface area contributed by atoms with Gasteiger partial charge < -0.3 is 14.0 Å². The van der Waals surface area contributed by atoms with E-state index in [4.69, 9.17) is 4.74 Å². The predicted molar refractivity (Wildman–Crippen MR) is 103 cm³/mol. The third kappa shape index (κ3) is 5.78. The van der Waals surface area contributed by atoms with E-state index < -0.39 is 0 Å². The monoisotopic (exact) mass is 543 g/mol. The first-order valence-electron chi connectivity index (χ1n) is 8.01. The smallest absolute Gasteiger partial charge is 0.155 e. The largest absolute Gasteiger partial charge is 0.668 e. The molecule has 0 N–H and O–H groups in total. The zero-order valence-corrected chi connectivity index (χ0v) is 18.0. The van der Waals surface area contributed by atoms with Crippen molar-refractivity contribution in [2.24, 2.45) is 7.05 Å². The number of allylic oxidation sites excluding steroid dienone is 2. The fourth-order valence-electron chi connectivity index (χ4n) is 2.49. The Morgan fingerprint density at radius 1 is 1.07 bits per heavy atom. The minimum atomic E-state index is -0.0221. The van der Waals surface area contributed by atoms with Crippen LogP contribution >= 0.6 is 0 Å².